The Morgan fingerprint density at radius 3 is 2.36 bits per heavy atom. The lowest BCUT2D eigenvalue weighted by molar-refractivity contribution is -0.137. The van der Waals surface area contributed by atoms with Gasteiger partial charge in [0, 0.05) is 5.69 Å². The maximum Gasteiger partial charge on any atom is 0.416 e. The molecule has 0 bridgehead atoms. The van der Waals surface area contributed by atoms with Crippen molar-refractivity contribution in [3.63, 3.8) is 0 Å². The van der Waals surface area contributed by atoms with E-state index in [9.17, 15) is 23.1 Å². The van der Waals surface area contributed by atoms with Crippen LogP contribution >= 0.6 is 0 Å². The summed E-state index contributed by atoms with van der Waals surface area (Å²) in [6, 6.07) is 7.61. The third-order valence-corrected chi connectivity index (χ3v) is 3.20. The zero-order valence-corrected chi connectivity index (χ0v) is 12.0. The lowest BCUT2D eigenvalue weighted by atomic mass is 10.1. The second kappa shape index (κ2) is 5.71. The minimum absolute atomic E-state index is 0.0688. The molecule has 2 aromatic rings. The largest absolute Gasteiger partial charge is 0.507 e. The van der Waals surface area contributed by atoms with Crippen molar-refractivity contribution >= 4 is 11.6 Å². The fourth-order valence-electron chi connectivity index (χ4n) is 2.00. The molecule has 2 aromatic carbocycles. The van der Waals surface area contributed by atoms with Gasteiger partial charge in [-0.1, -0.05) is 11.6 Å². The van der Waals surface area contributed by atoms with Crippen molar-refractivity contribution in [3.8, 4) is 5.75 Å². The Kier molecular flexibility index (Phi) is 4.12. The Labute approximate surface area is 125 Å². The van der Waals surface area contributed by atoms with E-state index in [1.807, 2.05) is 0 Å². The van der Waals surface area contributed by atoms with Gasteiger partial charge in [-0.2, -0.15) is 13.2 Å². The van der Waals surface area contributed by atoms with E-state index < -0.39 is 17.6 Å². The predicted octanol–water partition coefficient (Wildman–Crippen LogP) is 4.28. The SMILES string of the molecule is Cc1ccc(O)c(C(=O)Nc2ccc(C(F)(F)F)cc2C)c1. The van der Waals surface area contributed by atoms with E-state index in [1.165, 1.54) is 25.1 Å². The molecule has 0 unspecified atom stereocenters. The summed E-state index contributed by atoms with van der Waals surface area (Å²) in [6.45, 7) is 3.24. The van der Waals surface area contributed by atoms with Crippen molar-refractivity contribution in [2.24, 2.45) is 0 Å². The van der Waals surface area contributed by atoms with Crippen LogP contribution in [0.1, 0.15) is 27.0 Å². The summed E-state index contributed by atoms with van der Waals surface area (Å²) >= 11 is 0. The Balaban J connectivity index is 2.27. The van der Waals surface area contributed by atoms with E-state index in [0.717, 1.165) is 17.7 Å². The number of hydrogen-bond donors (Lipinski definition) is 2. The average molecular weight is 309 g/mol. The van der Waals surface area contributed by atoms with Gasteiger partial charge in [-0.25, -0.2) is 0 Å². The van der Waals surface area contributed by atoms with Gasteiger partial charge in [-0.3, -0.25) is 4.79 Å². The molecular formula is C16H14F3NO2. The highest BCUT2D eigenvalue weighted by atomic mass is 19.4. The van der Waals surface area contributed by atoms with E-state index in [0.29, 0.717) is 0 Å². The molecule has 0 aliphatic carbocycles. The molecule has 0 saturated carbocycles. The number of rotatable bonds is 2. The highest BCUT2D eigenvalue weighted by Gasteiger charge is 2.30. The highest BCUT2D eigenvalue weighted by Crippen LogP contribution is 2.32. The predicted molar refractivity (Wildman–Crippen MR) is 77.0 cm³/mol. The molecule has 0 spiro atoms. The number of carbonyl (C=O) groups excluding carboxylic acids is 1. The number of halogens is 3. The summed E-state index contributed by atoms with van der Waals surface area (Å²) in [5.74, 6) is -0.767. The molecule has 0 saturated heterocycles. The van der Waals surface area contributed by atoms with Crippen molar-refractivity contribution < 1.29 is 23.1 Å². The molecule has 0 radical (unpaired) electrons. The van der Waals surface area contributed by atoms with Crippen LogP contribution in [0.25, 0.3) is 0 Å². The molecule has 0 aliphatic heterocycles. The number of anilines is 1. The number of carbonyl (C=O) groups is 1. The van der Waals surface area contributed by atoms with Crippen LogP contribution in [-0.4, -0.2) is 11.0 Å². The molecule has 3 nitrogen and oxygen atoms in total. The summed E-state index contributed by atoms with van der Waals surface area (Å²) < 4.78 is 37.8. The van der Waals surface area contributed by atoms with E-state index in [-0.39, 0.29) is 22.6 Å². The normalized spacial score (nSPS) is 11.3. The zero-order valence-electron chi connectivity index (χ0n) is 12.0. The highest BCUT2D eigenvalue weighted by molar-refractivity contribution is 6.06. The van der Waals surface area contributed by atoms with Crippen LogP contribution in [0, 0.1) is 13.8 Å². The van der Waals surface area contributed by atoms with Gasteiger partial charge in [0.15, 0.2) is 0 Å². The summed E-state index contributed by atoms with van der Waals surface area (Å²) in [5.41, 5.74) is 0.627. The van der Waals surface area contributed by atoms with Crippen LogP contribution in [0.3, 0.4) is 0 Å². The number of alkyl halides is 3. The summed E-state index contributed by atoms with van der Waals surface area (Å²) in [4.78, 5) is 12.1. The quantitative estimate of drug-likeness (QED) is 0.870. The number of phenolic OH excluding ortho intramolecular Hbond substituents is 1. The van der Waals surface area contributed by atoms with E-state index in [2.05, 4.69) is 5.32 Å². The van der Waals surface area contributed by atoms with E-state index >= 15 is 0 Å². The molecule has 2 N–H and O–H groups in total. The minimum atomic E-state index is -4.43. The van der Waals surface area contributed by atoms with Crippen LogP contribution in [0.5, 0.6) is 5.75 Å². The smallest absolute Gasteiger partial charge is 0.416 e. The standard InChI is InChI=1S/C16H14F3NO2/c1-9-3-6-14(21)12(7-9)15(22)20-13-5-4-11(8-10(13)2)16(17,18)19/h3-8,21H,1-2H3,(H,20,22). The Morgan fingerprint density at radius 2 is 1.77 bits per heavy atom. The summed E-state index contributed by atoms with van der Waals surface area (Å²) in [6.07, 6.45) is -4.43. The van der Waals surface area contributed by atoms with Crippen LogP contribution in [0.15, 0.2) is 36.4 Å². The first kappa shape index (κ1) is 15.9. The molecular weight excluding hydrogens is 295 g/mol. The summed E-state index contributed by atoms with van der Waals surface area (Å²) in [7, 11) is 0. The number of aryl methyl sites for hydroxylation is 2. The number of nitrogens with one attached hydrogen (secondary N) is 1. The third kappa shape index (κ3) is 3.39. The number of amides is 1. The summed E-state index contributed by atoms with van der Waals surface area (Å²) in [5, 5.41) is 12.2. The first-order valence-corrected chi connectivity index (χ1v) is 6.47. The fraction of sp³-hybridized carbons (Fsp3) is 0.188. The van der Waals surface area contributed by atoms with Gasteiger partial charge in [-0.05, 0) is 49.7 Å². The number of benzene rings is 2. The van der Waals surface area contributed by atoms with Gasteiger partial charge in [-0.15, -0.1) is 0 Å². The number of hydrogen-bond acceptors (Lipinski definition) is 2. The minimum Gasteiger partial charge on any atom is -0.507 e. The Bertz CT molecular complexity index is 724. The molecule has 0 atom stereocenters. The van der Waals surface area contributed by atoms with Gasteiger partial charge in [0.2, 0.25) is 0 Å². The molecule has 22 heavy (non-hydrogen) atoms. The molecule has 0 fully saturated rings. The van der Waals surface area contributed by atoms with Crippen LogP contribution in [0.4, 0.5) is 18.9 Å². The van der Waals surface area contributed by atoms with Crippen LogP contribution in [0.2, 0.25) is 0 Å². The van der Waals surface area contributed by atoms with Crippen molar-refractivity contribution in [1.29, 1.82) is 0 Å². The lowest BCUT2D eigenvalue weighted by Crippen LogP contribution is -2.14. The van der Waals surface area contributed by atoms with Crippen molar-refractivity contribution in [1.82, 2.24) is 0 Å². The van der Waals surface area contributed by atoms with Gasteiger partial charge in [0.25, 0.3) is 5.91 Å². The van der Waals surface area contributed by atoms with Crippen LogP contribution in [-0.2, 0) is 6.18 Å². The van der Waals surface area contributed by atoms with Gasteiger partial charge >= 0.3 is 6.18 Å². The fourth-order valence-corrected chi connectivity index (χ4v) is 2.00. The molecule has 6 heteroatoms. The second-order valence-corrected chi connectivity index (χ2v) is 5.00. The van der Waals surface area contributed by atoms with Gasteiger partial charge in [0.05, 0.1) is 11.1 Å². The molecule has 116 valence electrons. The van der Waals surface area contributed by atoms with E-state index in [1.54, 1.807) is 13.0 Å². The third-order valence-electron chi connectivity index (χ3n) is 3.20. The molecule has 1 amide bonds. The first-order valence-electron chi connectivity index (χ1n) is 6.47. The van der Waals surface area contributed by atoms with Crippen molar-refractivity contribution in [2.75, 3.05) is 5.32 Å². The lowest BCUT2D eigenvalue weighted by Gasteiger charge is -2.13. The van der Waals surface area contributed by atoms with Crippen LogP contribution < -0.4 is 5.32 Å². The monoisotopic (exact) mass is 309 g/mol. The van der Waals surface area contributed by atoms with Crippen molar-refractivity contribution in [2.45, 2.75) is 20.0 Å². The van der Waals surface area contributed by atoms with Gasteiger partial charge < -0.3 is 10.4 Å². The topological polar surface area (TPSA) is 49.3 Å². The molecule has 0 aliphatic rings. The molecule has 0 aromatic heterocycles. The zero-order chi connectivity index (χ0) is 16.5. The van der Waals surface area contributed by atoms with Crippen molar-refractivity contribution in [3.05, 3.63) is 58.7 Å². The number of aromatic hydroxyl groups is 1. The average Bonchev–Trinajstić information content (AvgIpc) is 2.42. The second-order valence-electron chi connectivity index (χ2n) is 5.00. The van der Waals surface area contributed by atoms with Gasteiger partial charge in [0.1, 0.15) is 5.75 Å². The molecule has 2 rings (SSSR count). The Morgan fingerprint density at radius 1 is 1.09 bits per heavy atom. The maximum absolute atomic E-state index is 12.6. The number of phenols is 1. The van der Waals surface area contributed by atoms with E-state index in [4.69, 9.17) is 0 Å². The maximum atomic E-state index is 12.6. The first-order chi connectivity index (χ1) is 10.2. The Hall–Kier alpha value is -2.50. The molecule has 0 heterocycles.